The lowest BCUT2D eigenvalue weighted by Gasteiger charge is -2.39. The Kier molecular flexibility index (Phi) is 5.25. The summed E-state index contributed by atoms with van der Waals surface area (Å²) < 4.78 is 0. The minimum atomic E-state index is 0.308. The van der Waals surface area contributed by atoms with Crippen LogP contribution in [0.5, 0.6) is 0 Å². The van der Waals surface area contributed by atoms with E-state index in [1.807, 2.05) is 0 Å². The van der Waals surface area contributed by atoms with E-state index >= 15 is 0 Å². The topological polar surface area (TPSA) is 6.48 Å². The smallest absolute Gasteiger partial charge is 0.0122 e. The Balaban J connectivity index is 2.32. The molecule has 0 spiro atoms. The maximum Gasteiger partial charge on any atom is 0.0122 e. The van der Waals surface area contributed by atoms with Crippen molar-refractivity contribution in [1.29, 1.82) is 0 Å². The fourth-order valence-corrected chi connectivity index (χ4v) is 2.66. The fourth-order valence-electron chi connectivity index (χ4n) is 2.66. The molecule has 0 unspecified atom stereocenters. The van der Waals surface area contributed by atoms with Crippen LogP contribution < -0.4 is 0 Å². The molecule has 0 radical (unpaired) electrons. The standard InChI is InChI=1S/C16H34N2/c1-15(2,3)13-18-10-8-14(9-11-18)12-17(7)16(4,5)6/h14H,8-13H2,1-7H3. The first kappa shape index (κ1) is 16.0. The first-order chi connectivity index (χ1) is 8.08. The lowest BCUT2D eigenvalue weighted by molar-refractivity contribution is 0.0930. The molecule has 0 amide bonds. The SMILES string of the molecule is CN(CC1CCN(CC(C)(C)C)CC1)C(C)(C)C. The summed E-state index contributed by atoms with van der Waals surface area (Å²) in [5, 5.41) is 0. The fraction of sp³-hybridized carbons (Fsp3) is 1.00. The van der Waals surface area contributed by atoms with Crippen molar-refractivity contribution in [1.82, 2.24) is 9.80 Å². The molecule has 0 aromatic heterocycles. The van der Waals surface area contributed by atoms with Gasteiger partial charge in [0.15, 0.2) is 0 Å². The second kappa shape index (κ2) is 5.92. The van der Waals surface area contributed by atoms with Gasteiger partial charge in [-0.25, -0.2) is 0 Å². The molecule has 0 aromatic carbocycles. The number of likely N-dealkylation sites (tertiary alicyclic amines) is 1. The molecule has 0 atom stereocenters. The van der Waals surface area contributed by atoms with E-state index < -0.39 is 0 Å². The molecule has 1 aliphatic heterocycles. The molecule has 1 heterocycles. The monoisotopic (exact) mass is 254 g/mol. The maximum atomic E-state index is 2.65. The number of nitrogens with zero attached hydrogens (tertiary/aromatic N) is 2. The van der Waals surface area contributed by atoms with Crippen LogP contribution >= 0.6 is 0 Å². The molecular weight excluding hydrogens is 220 g/mol. The Hall–Kier alpha value is -0.0800. The highest BCUT2D eigenvalue weighted by Crippen LogP contribution is 2.24. The van der Waals surface area contributed by atoms with E-state index in [2.05, 4.69) is 58.4 Å². The second-order valence-electron chi connectivity index (χ2n) is 8.33. The highest BCUT2D eigenvalue weighted by atomic mass is 15.2. The third-order valence-electron chi connectivity index (χ3n) is 4.08. The molecule has 0 N–H and O–H groups in total. The Morgan fingerprint density at radius 2 is 1.50 bits per heavy atom. The quantitative estimate of drug-likeness (QED) is 0.761. The molecule has 108 valence electrons. The predicted molar refractivity (Wildman–Crippen MR) is 81.0 cm³/mol. The number of rotatable bonds is 3. The van der Waals surface area contributed by atoms with Crippen molar-refractivity contribution >= 4 is 0 Å². The molecule has 0 aliphatic carbocycles. The molecule has 1 rings (SSSR count). The van der Waals surface area contributed by atoms with Crippen molar-refractivity contribution in [3.05, 3.63) is 0 Å². The average Bonchev–Trinajstić information content (AvgIpc) is 2.17. The summed E-state index contributed by atoms with van der Waals surface area (Å²) in [7, 11) is 2.27. The lowest BCUT2D eigenvalue weighted by Crippen LogP contribution is -2.45. The first-order valence-corrected chi connectivity index (χ1v) is 7.51. The van der Waals surface area contributed by atoms with Gasteiger partial charge in [0.25, 0.3) is 0 Å². The van der Waals surface area contributed by atoms with Gasteiger partial charge < -0.3 is 9.80 Å². The molecule has 0 aromatic rings. The van der Waals surface area contributed by atoms with Crippen LogP contribution in [0.25, 0.3) is 0 Å². The van der Waals surface area contributed by atoms with Gasteiger partial charge in [-0.2, -0.15) is 0 Å². The van der Waals surface area contributed by atoms with E-state index in [0.717, 1.165) is 5.92 Å². The van der Waals surface area contributed by atoms with Gasteiger partial charge >= 0.3 is 0 Å². The summed E-state index contributed by atoms with van der Waals surface area (Å²) in [6, 6.07) is 0. The number of hydrogen-bond acceptors (Lipinski definition) is 2. The molecule has 1 saturated heterocycles. The molecule has 0 bridgehead atoms. The summed E-state index contributed by atoms with van der Waals surface area (Å²) in [6.07, 6.45) is 2.74. The van der Waals surface area contributed by atoms with Crippen LogP contribution in [0.15, 0.2) is 0 Å². The Morgan fingerprint density at radius 3 is 1.89 bits per heavy atom. The van der Waals surface area contributed by atoms with Crippen molar-refractivity contribution in [2.45, 2.75) is 59.9 Å². The molecule has 1 aliphatic rings. The van der Waals surface area contributed by atoms with Crippen LogP contribution in [0, 0.1) is 11.3 Å². The summed E-state index contributed by atoms with van der Waals surface area (Å²) in [5.74, 6) is 0.894. The number of hydrogen-bond donors (Lipinski definition) is 0. The van der Waals surface area contributed by atoms with Crippen molar-refractivity contribution in [2.24, 2.45) is 11.3 Å². The Labute approximate surface area is 115 Å². The largest absolute Gasteiger partial charge is 0.303 e. The van der Waals surface area contributed by atoms with Crippen LogP contribution in [0.2, 0.25) is 0 Å². The number of piperidine rings is 1. The molecular formula is C16H34N2. The highest BCUT2D eigenvalue weighted by Gasteiger charge is 2.26. The van der Waals surface area contributed by atoms with Crippen LogP contribution in [-0.2, 0) is 0 Å². The molecule has 2 heteroatoms. The van der Waals surface area contributed by atoms with Crippen LogP contribution in [-0.4, -0.2) is 48.6 Å². The van der Waals surface area contributed by atoms with Gasteiger partial charge in [-0.3, -0.25) is 0 Å². The summed E-state index contributed by atoms with van der Waals surface area (Å²) in [6.45, 7) is 19.0. The predicted octanol–water partition coefficient (Wildman–Crippen LogP) is 3.47. The third-order valence-corrected chi connectivity index (χ3v) is 4.08. The van der Waals surface area contributed by atoms with Gasteiger partial charge in [0.05, 0.1) is 0 Å². The van der Waals surface area contributed by atoms with Gasteiger partial charge in [0.2, 0.25) is 0 Å². The van der Waals surface area contributed by atoms with E-state index in [4.69, 9.17) is 0 Å². The van der Waals surface area contributed by atoms with Crippen molar-refractivity contribution in [2.75, 3.05) is 33.2 Å². The lowest BCUT2D eigenvalue weighted by atomic mass is 9.91. The zero-order valence-electron chi connectivity index (χ0n) is 13.7. The van der Waals surface area contributed by atoms with Gasteiger partial charge in [-0.1, -0.05) is 20.8 Å². The summed E-state index contributed by atoms with van der Waals surface area (Å²) in [5.41, 5.74) is 0.748. The Morgan fingerprint density at radius 1 is 1.00 bits per heavy atom. The zero-order valence-corrected chi connectivity index (χ0v) is 13.7. The van der Waals surface area contributed by atoms with E-state index in [1.165, 1.54) is 39.0 Å². The normalized spacial score (nSPS) is 20.7. The molecule has 1 fully saturated rings. The van der Waals surface area contributed by atoms with Crippen molar-refractivity contribution in [3.8, 4) is 0 Å². The minimum absolute atomic E-state index is 0.308. The zero-order chi connectivity index (χ0) is 14.0. The van der Waals surface area contributed by atoms with Crippen molar-refractivity contribution < 1.29 is 0 Å². The Bertz CT molecular complexity index is 239. The van der Waals surface area contributed by atoms with E-state index in [9.17, 15) is 0 Å². The van der Waals surface area contributed by atoms with Crippen LogP contribution in [0.1, 0.15) is 54.4 Å². The van der Waals surface area contributed by atoms with E-state index in [0.29, 0.717) is 11.0 Å². The molecule has 18 heavy (non-hydrogen) atoms. The van der Waals surface area contributed by atoms with Gasteiger partial charge in [0.1, 0.15) is 0 Å². The van der Waals surface area contributed by atoms with E-state index in [1.54, 1.807) is 0 Å². The van der Waals surface area contributed by atoms with Gasteiger partial charge in [-0.15, -0.1) is 0 Å². The third kappa shape index (κ3) is 5.71. The molecule has 0 saturated carbocycles. The van der Waals surface area contributed by atoms with Crippen molar-refractivity contribution in [3.63, 3.8) is 0 Å². The average molecular weight is 254 g/mol. The maximum absolute atomic E-state index is 2.65. The second-order valence-corrected chi connectivity index (χ2v) is 8.33. The van der Waals surface area contributed by atoms with Crippen LogP contribution in [0.3, 0.4) is 0 Å². The van der Waals surface area contributed by atoms with Gasteiger partial charge in [-0.05, 0) is 65.1 Å². The summed E-state index contributed by atoms with van der Waals surface area (Å²) >= 11 is 0. The van der Waals surface area contributed by atoms with E-state index in [-0.39, 0.29) is 0 Å². The first-order valence-electron chi connectivity index (χ1n) is 7.51. The summed E-state index contributed by atoms with van der Waals surface area (Å²) in [4.78, 5) is 5.16. The minimum Gasteiger partial charge on any atom is -0.303 e. The highest BCUT2D eigenvalue weighted by molar-refractivity contribution is 4.80. The molecule has 2 nitrogen and oxygen atoms in total. The van der Waals surface area contributed by atoms with Gasteiger partial charge in [0, 0.05) is 18.6 Å². The van der Waals surface area contributed by atoms with Crippen LogP contribution in [0.4, 0.5) is 0 Å².